The summed E-state index contributed by atoms with van der Waals surface area (Å²) in [6.07, 6.45) is 4.60. The number of rotatable bonds is 7. The predicted octanol–water partition coefficient (Wildman–Crippen LogP) is 8.26. The average Bonchev–Trinajstić information content (AvgIpc) is 2.68. The van der Waals surface area contributed by atoms with Gasteiger partial charge in [-0.25, -0.2) is 0 Å². The second-order valence-corrected chi connectivity index (χ2v) is 14.1. The molecule has 4 heteroatoms. The third kappa shape index (κ3) is 8.63. The topological polar surface area (TPSA) is 6.48 Å². The van der Waals surface area contributed by atoms with Crippen LogP contribution in [0.4, 0.5) is 11.4 Å². The van der Waals surface area contributed by atoms with Crippen LogP contribution in [0.1, 0.15) is 52.7 Å². The van der Waals surface area contributed by atoms with Crippen molar-refractivity contribution >= 4 is 44.7 Å². The molecule has 0 aliphatic rings. The van der Waals surface area contributed by atoms with Crippen LogP contribution in [0.25, 0.3) is 9.81 Å². The maximum Gasteiger partial charge on any atom is 0.0361 e. The first-order valence-electron chi connectivity index (χ1n) is 11.1. The van der Waals surface area contributed by atoms with Gasteiger partial charge in [0.15, 0.2) is 0 Å². The lowest BCUT2D eigenvalue weighted by atomic mass is 10.1. The third-order valence-corrected chi connectivity index (χ3v) is 6.96. The van der Waals surface area contributed by atoms with Crippen LogP contribution in [0.15, 0.2) is 60.7 Å². The van der Waals surface area contributed by atoms with Gasteiger partial charge >= 0.3 is 0 Å². The molecule has 174 valence electrons. The molecule has 0 bridgehead atoms. The largest absolute Gasteiger partial charge is 0.378 e. The minimum Gasteiger partial charge on any atom is -0.378 e. The van der Waals surface area contributed by atoms with Crippen LogP contribution in [-0.2, 0) is 0 Å². The first-order chi connectivity index (χ1) is 14.7. The number of allylic oxidation sites excluding steroid dienone is 2. The first-order valence-corrected chi connectivity index (χ1v) is 12.7. The molecule has 0 aromatic heterocycles. The van der Waals surface area contributed by atoms with Gasteiger partial charge in [0.2, 0.25) is 0 Å². The Morgan fingerprint density at radius 1 is 0.562 bits per heavy atom. The maximum atomic E-state index is 2.30. The van der Waals surface area contributed by atoms with E-state index in [0.29, 0.717) is 0 Å². The van der Waals surface area contributed by atoms with Crippen molar-refractivity contribution in [3.05, 3.63) is 71.8 Å². The van der Waals surface area contributed by atoms with Crippen LogP contribution < -0.4 is 9.80 Å². The molecule has 2 aromatic rings. The highest BCUT2D eigenvalue weighted by molar-refractivity contribution is 8.09. The van der Waals surface area contributed by atoms with Crippen molar-refractivity contribution in [2.45, 2.75) is 51.0 Å². The van der Waals surface area contributed by atoms with Gasteiger partial charge in [-0.3, -0.25) is 0 Å². The Kier molecular flexibility index (Phi) is 9.01. The van der Waals surface area contributed by atoms with Gasteiger partial charge in [-0.05, 0) is 47.5 Å². The van der Waals surface area contributed by atoms with Crippen LogP contribution in [0, 0.1) is 0 Å². The van der Waals surface area contributed by atoms with E-state index in [-0.39, 0.29) is 9.49 Å². The fraction of sp³-hybridized carbons (Fsp3) is 0.429. The van der Waals surface area contributed by atoms with Gasteiger partial charge in [0.1, 0.15) is 0 Å². The van der Waals surface area contributed by atoms with Crippen molar-refractivity contribution in [3.8, 4) is 0 Å². The zero-order chi connectivity index (χ0) is 24.1. The van der Waals surface area contributed by atoms with E-state index in [0.717, 1.165) is 0 Å². The van der Waals surface area contributed by atoms with E-state index in [4.69, 9.17) is 0 Å². The standard InChI is InChI=1S/C28H40N2S2/c1-27(2,3)31-25(21-11-15-23(16-12-21)29(7)8)19-20-26(32-28(4,5)6)22-13-17-24(18-14-22)30(9)10/h11-20H,1-10H3/b25-19-,26-20-. The van der Waals surface area contributed by atoms with Gasteiger partial charge in [-0.2, -0.15) is 0 Å². The molecule has 2 rings (SSSR count). The Bertz CT molecular complexity index is 844. The van der Waals surface area contributed by atoms with Crippen LogP contribution in [0.3, 0.4) is 0 Å². The number of thioether (sulfide) groups is 2. The zero-order valence-electron chi connectivity index (χ0n) is 21.5. The summed E-state index contributed by atoms with van der Waals surface area (Å²) in [5.41, 5.74) is 4.95. The number of benzene rings is 2. The second-order valence-electron chi connectivity index (χ2n) is 10.4. The molecule has 2 nitrogen and oxygen atoms in total. The Morgan fingerprint density at radius 3 is 1.06 bits per heavy atom. The highest BCUT2D eigenvalue weighted by Gasteiger charge is 2.17. The monoisotopic (exact) mass is 468 g/mol. The van der Waals surface area contributed by atoms with Gasteiger partial charge in [0.05, 0.1) is 0 Å². The summed E-state index contributed by atoms with van der Waals surface area (Å²) >= 11 is 3.84. The quantitative estimate of drug-likeness (QED) is 0.377. The maximum absolute atomic E-state index is 2.30. The minimum absolute atomic E-state index is 0.130. The van der Waals surface area contributed by atoms with Crippen molar-refractivity contribution in [2.75, 3.05) is 38.0 Å². The number of hydrogen-bond donors (Lipinski definition) is 0. The minimum atomic E-state index is 0.130. The van der Waals surface area contributed by atoms with E-state index in [1.54, 1.807) is 0 Å². The predicted molar refractivity (Wildman–Crippen MR) is 152 cm³/mol. The summed E-state index contributed by atoms with van der Waals surface area (Å²) in [4.78, 5) is 6.86. The second kappa shape index (κ2) is 10.9. The number of anilines is 2. The molecular formula is C28H40N2S2. The van der Waals surface area contributed by atoms with Crippen LogP contribution in [-0.4, -0.2) is 37.7 Å². The van der Waals surface area contributed by atoms with Crippen molar-refractivity contribution in [1.29, 1.82) is 0 Å². The number of hydrogen-bond acceptors (Lipinski definition) is 4. The van der Waals surface area contributed by atoms with Gasteiger partial charge in [-0.1, -0.05) is 65.8 Å². The summed E-state index contributed by atoms with van der Waals surface area (Å²) in [7, 11) is 8.32. The molecule has 0 fully saturated rings. The smallest absolute Gasteiger partial charge is 0.0361 e. The molecule has 0 amide bonds. The lowest BCUT2D eigenvalue weighted by Crippen LogP contribution is -2.09. The van der Waals surface area contributed by atoms with Gasteiger partial charge < -0.3 is 9.80 Å². The number of nitrogens with zero attached hydrogens (tertiary/aromatic N) is 2. The fourth-order valence-corrected chi connectivity index (χ4v) is 5.14. The summed E-state index contributed by atoms with van der Waals surface area (Å²) < 4.78 is 0.259. The molecular weight excluding hydrogens is 428 g/mol. The van der Waals surface area contributed by atoms with E-state index in [1.807, 2.05) is 23.5 Å². The molecule has 0 aliphatic carbocycles. The van der Waals surface area contributed by atoms with Crippen LogP contribution in [0.5, 0.6) is 0 Å². The molecule has 0 spiro atoms. The lowest BCUT2D eigenvalue weighted by molar-refractivity contribution is 0.808. The van der Waals surface area contributed by atoms with Crippen LogP contribution >= 0.6 is 23.5 Å². The molecule has 0 saturated heterocycles. The lowest BCUT2D eigenvalue weighted by Gasteiger charge is -2.22. The molecule has 2 aromatic carbocycles. The Balaban J connectivity index is 2.51. The summed E-state index contributed by atoms with van der Waals surface area (Å²) in [6.45, 7) is 13.6. The van der Waals surface area contributed by atoms with Crippen molar-refractivity contribution in [3.63, 3.8) is 0 Å². The SMILES string of the molecule is CN(C)c1ccc(/C(=C/C=C(\SC(C)(C)C)c2ccc(N(C)C)cc2)SC(C)(C)C)cc1. The van der Waals surface area contributed by atoms with Crippen molar-refractivity contribution < 1.29 is 0 Å². The average molecular weight is 469 g/mol. The van der Waals surface area contributed by atoms with E-state index in [2.05, 4.69) is 140 Å². The molecule has 0 N–H and O–H groups in total. The Labute approximate surface area is 205 Å². The molecule has 0 radical (unpaired) electrons. The van der Waals surface area contributed by atoms with Gasteiger partial charge in [0.25, 0.3) is 0 Å². The molecule has 32 heavy (non-hydrogen) atoms. The Hall–Kier alpha value is -1.78. The summed E-state index contributed by atoms with van der Waals surface area (Å²) in [5, 5.41) is 0. The van der Waals surface area contributed by atoms with Crippen molar-refractivity contribution in [1.82, 2.24) is 0 Å². The first kappa shape index (κ1) is 26.5. The van der Waals surface area contributed by atoms with Crippen LogP contribution in [0.2, 0.25) is 0 Å². The van der Waals surface area contributed by atoms with Crippen molar-refractivity contribution in [2.24, 2.45) is 0 Å². The summed E-state index contributed by atoms with van der Waals surface area (Å²) in [5.74, 6) is 0. The van der Waals surface area contributed by atoms with Gasteiger partial charge in [0, 0.05) is 58.9 Å². The molecule has 0 unspecified atom stereocenters. The molecule has 0 aliphatic heterocycles. The molecule has 0 heterocycles. The third-order valence-electron chi connectivity index (χ3n) is 4.55. The zero-order valence-corrected chi connectivity index (χ0v) is 23.1. The van der Waals surface area contributed by atoms with E-state index >= 15 is 0 Å². The van der Waals surface area contributed by atoms with E-state index in [9.17, 15) is 0 Å². The van der Waals surface area contributed by atoms with E-state index in [1.165, 1.54) is 32.3 Å². The summed E-state index contributed by atoms with van der Waals surface area (Å²) in [6, 6.07) is 17.7. The Morgan fingerprint density at radius 2 is 0.844 bits per heavy atom. The normalized spacial score (nSPS) is 13.3. The fourth-order valence-electron chi connectivity index (χ4n) is 3.04. The molecule has 0 saturated carbocycles. The molecule has 0 atom stereocenters. The highest BCUT2D eigenvalue weighted by atomic mass is 32.2. The highest BCUT2D eigenvalue weighted by Crippen LogP contribution is 2.41. The van der Waals surface area contributed by atoms with Gasteiger partial charge in [-0.15, -0.1) is 23.5 Å². The van der Waals surface area contributed by atoms with E-state index < -0.39 is 0 Å².